The predicted octanol–water partition coefficient (Wildman–Crippen LogP) is 3.98. The molecule has 8 nitrogen and oxygen atoms in total. The maximum Gasteiger partial charge on any atom is 0.265 e. The van der Waals surface area contributed by atoms with Crippen molar-refractivity contribution in [3.05, 3.63) is 59.1 Å². The standard InChI is InChI=1S/C23H19N5O3/c1-3-13(2)27-11-24-21-19(23(27)29)20-22(26-16-7-5-4-6-15(16)25-20)28(21)14-8-9-17-18(10-14)31-12-30-17/h4-11,13H,3,12H2,1-2H3/t13-/m1/s1. The summed E-state index contributed by atoms with van der Waals surface area (Å²) in [5.74, 6) is 1.34. The third-order valence-corrected chi connectivity index (χ3v) is 5.87. The lowest BCUT2D eigenvalue weighted by Crippen LogP contribution is -2.23. The number of rotatable bonds is 3. The monoisotopic (exact) mass is 413 g/mol. The van der Waals surface area contributed by atoms with Gasteiger partial charge in [-0.2, -0.15) is 0 Å². The molecule has 0 saturated heterocycles. The normalized spacial score (nSPS) is 14.0. The van der Waals surface area contributed by atoms with Gasteiger partial charge in [0.1, 0.15) is 17.2 Å². The number of ether oxygens (including phenoxy) is 2. The van der Waals surface area contributed by atoms with Crippen LogP contribution in [0.4, 0.5) is 0 Å². The average molecular weight is 413 g/mol. The van der Waals surface area contributed by atoms with Gasteiger partial charge >= 0.3 is 0 Å². The Morgan fingerprint density at radius 2 is 1.81 bits per heavy atom. The van der Waals surface area contributed by atoms with Gasteiger partial charge in [-0.15, -0.1) is 0 Å². The highest BCUT2D eigenvalue weighted by atomic mass is 16.7. The van der Waals surface area contributed by atoms with Crippen molar-refractivity contribution in [1.82, 2.24) is 24.1 Å². The van der Waals surface area contributed by atoms with Crippen molar-refractivity contribution < 1.29 is 9.47 Å². The van der Waals surface area contributed by atoms with Gasteiger partial charge in [-0.1, -0.05) is 19.1 Å². The van der Waals surface area contributed by atoms with Crippen molar-refractivity contribution >= 4 is 33.2 Å². The van der Waals surface area contributed by atoms with Crippen LogP contribution in [0.15, 0.2) is 53.6 Å². The van der Waals surface area contributed by atoms with Crippen molar-refractivity contribution in [3.63, 3.8) is 0 Å². The third-order valence-electron chi connectivity index (χ3n) is 5.87. The maximum atomic E-state index is 13.5. The number of fused-ring (bicyclic) bond motifs is 5. The predicted molar refractivity (Wildman–Crippen MR) is 117 cm³/mol. The second-order valence-corrected chi connectivity index (χ2v) is 7.67. The Hall–Kier alpha value is -3.94. The van der Waals surface area contributed by atoms with Gasteiger partial charge in [0.15, 0.2) is 22.8 Å². The van der Waals surface area contributed by atoms with Gasteiger partial charge in [-0.25, -0.2) is 15.0 Å². The van der Waals surface area contributed by atoms with Crippen LogP contribution in [0, 0.1) is 0 Å². The zero-order chi connectivity index (χ0) is 21.1. The van der Waals surface area contributed by atoms with Gasteiger partial charge in [0, 0.05) is 12.1 Å². The Labute approximate surface area is 176 Å². The highest BCUT2D eigenvalue weighted by Crippen LogP contribution is 2.36. The molecule has 0 unspecified atom stereocenters. The Morgan fingerprint density at radius 3 is 2.61 bits per heavy atom. The Kier molecular flexibility index (Phi) is 3.77. The minimum atomic E-state index is -0.117. The zero-order valence-corrected chi connectivity index (χ0v) is 17.1. The summed E-state index contributed by atoms with van der Waals surface area (Å²) >= 11 is 0. The van der Waals surface area contributed by atoms with Gasteiger partial charge in [-0.3, -0.25) is 13.9 Å². The second kappa shape index (κ2) is 6.53. The number of benzene rings is 2. The summed E-state index contributed by atoms with van der Waals surface area (Å²) < 4.78 is 14.5. The lowest BCUT2D eigenvalue weighted by Gasteiger charge is -2.12. The summed E-state index contributed by atoms with van der Waals surface area (Å²) in [6.07, 6.45) is 2.43. The topological polar surface area (TPSA) is 84.1 Å². The molecule has 0 fully saturated rings. The minimum absolute atomic E-state index is 0.0294. The van der Waals surface area contributed by atoms with E-state index in [1.54, 1.807) is 10.9 Å². The van der Waals surface area contributed by atoms with E-state index in [4.69, 9.17) is 19.4 Å². The number of para-hydroxylation sites is 2. The van der Waals surface area contributed by atoms with E-state index in [0.717, 1.165) is 23.1 Å². The summed E-state index contributed by atoms with van der Waals surface area (Å²) in [6, 6.07) is 13.3. The lowest BCUT2D eigenvalue weighted by atomic mass is 10.2. The Bertz CT molecular complexity index is 1550. The van der Waals surface area contributed by atoms with Crippen molar-refractivity contribution in [2.75, 3.05) is 6.79 Å². The van der Waals surface area contributed by atoms with E-state index in [1.807, 2.05) is 60.9 Å². The largest absolute Gasteiger partial charge is 0.454 e. The molecule has 0 aliphatic carbocycles. The van der Waals surface area contributed by atoms with E-state index in [0.29, 0.717) is 33.7 Å². The quantitative estimate of drug-likeness (QED) is 0.445. The molecular weight excluding hydrogens is 394 g/mol. The van der Waals surface area contributed by atoms with Crippen LogP contribution < -0.4 is 15.0 Å². The fraction of sp³-hybridized carbons (Fsp3) is 0.217. The first-order valence-electron chi connectivity index (χ1n) is 10.2. The van der Waals surface area contributed by atoms with Crippen LogP contribution in [0.1, 0.15) is 26.3 Å². The average Bonchev–Trinajstić information content (AvgIpc) is 3.39. The smallest absolute Gasteiger partial charge is 0.265 e. The molecule has 154 valence electrons. The first-order valence-corrected chi connectivity index (χ1v) is 10.2. The number of nitrogens with zero attached hydrogens (tertiary/aromatic N) is 5. The fourth-order valence-electron chi connectivity index (χ4n) is 4.03. The Morgan fingerprint density at radius 1 is 1.03 bits per heavy atom. The van der Waals surface area contributed by atoms with E-state index in [1.165, 1.54) is 0 Å². The van der Waals surface area contributed by atoms with Crippen LogP contribution in [-0.4, -0.2) is 30.9 Å². The second-order valence-electron chi connectivity index (χ2n) is 7.67. The molecule has 3 aromatic heterocycles. The molecule has 0 N–H and O–H groups in total. The van der Waals surface area contributed by atoms with Crippen molar-refractivity contribution in [2.24, 2.45) is 0 Å². The van der Waals surface area contributed by atoms with Gasteiger partial charge in [0.05, 0.1) is 16.7 Å². The highest BCUT2D eigenvalue weighted by molar-refractivity contribution is 6.05. The van der Waals surface area contributed by atoms with E-state index in [2.05, 4.69) is 4.98 Å². The molecule has 4 heterocycles. The van der Waals surface area contributed by atoms with Crippen LogP contribution >= 0.6 is 0 Å². The van der Waals surface area contributed by atoms with E-state index in [-0.39, 0.29) is 18.4 Å². The minimum Gasteiger partial charge on any atom is -0.454 e. The summed E-state index contributed by atoms with van der Waals surface area (Å²) in [5, 5.41) is 0.466. The summed E-state index contributed by atoms with van der Waals surface area (Å²) in [4.78, 5) is 27.9. The molecule has 0 spiro atoms. The number of hydrogen-bond donors (Lipinski definition) is 0. The molecular formula is C23H19N5O3. The van der Waals surface area contributed by atoms with E-state index in [9.17, 15) is 4.79 Å². The number of hydrogen-bond acceptors (Lipinski definition) is 6. The third kappa shape index (κ3) is 2.54. The first-order chi connectivity index (χ1) is 15.2. The molecule has 0 amide bonds. The molecule has 0 bridgehead atoms. The van der Waals surface area contributed by atoms with Crippen molar-refractivity contribution in [3.8, 4) is 17.2 Å². The van der Waals surface area contributed by atoms with Gasteiger partial charge in [0.2, 0.25) is 6.79 Å². The molecule has 6 rings (SSSR count). The summed E-state index contributed by atoms with van der Waals surface area (Å²) in [5.41, 5.74) is 3.80. The van der Waals surface area contributed by atoms with Gasteiger partial charge in [-0.05, 0) is 37.6 Å². The molecule has 1 aliphatic rings. The summed E-state index contributed by atoms with van der Waals surface area (Å²) in [7, 11) is 0. The van der Waals surface area contributed by atoms with Crippen LogP contribution in [0.5, 0.6) is 11.5 Å². The van der Waals surface area contributed by atoms with Crippen LogP contribution in [0.3, 0.4) is 0 Å². The van der Waals surface area contributed by atoms with Gasteiger partial charge in [0.25, 0.3) is 5.56 Å². The lowest BCUT2D eigenvalue weighted by molar-refractivity contribution is 0.174. The Balaban J connectivity index is 1.77. The van der Waals surface area contributed by atoms with Crippen molar-refractivity contribution in [1.29, 1.82) is 0 Å². The van der Waals surface area contributed by atoms with E-state index < -0.39 is 0 Å². The zero-order valence-electron chi connectivity index (χ0n) is 17.1. The SMILES string of the molecule is CC[C@@H](C)n1cnc2c(c1=O)c1nc3ccccc3nc1n2-c1ccc2c(c1)OCO2. The summed E-state index contributed by atoms with van der Waals surface area (Å²) in [6.45, 7) is 4.24. The fourth-order valence-corrected chi connectivity index (χ4v) is 4.03. The molecule has 8 heteroatoms. The number of aromatic nitrogens is 5. The van der Waals surface area contributed by atoms with Crippen LogP contribution in [0.2, 0.25) is 0 Å². The molecule has 1 aliphatic heterocycles. The highest BCUT2D eigenvalue weighted by Gasteiger charge is 2.23. The molecule has 1 atom stereocenters. The van der Waals surface area contributed by atoms with Crippen LogP contribution in [0.25, 0.3) is 38.9 Å². The maximum absolute atomic E-state index is 13.5. The van der Waals surface area contributed by atoms with Crippen LogP contribution in [-0.2, 0) is 0 Å². The molecule has 5 aromatic rings. The molecule has 0 radical (unpaired) electrons. The molecule has 31 heavy (non-hydrogen) atoms. The molecule has 2 aromatic carbocycles. The molecule has 0 saturated carbocycles. The van der Waals surface area contributed by atoms with Gasteiger partial charge < -0.3 is 9.47 Å². The van der Waals surface area contributed by atoms with Crippen molar-refractivity contribution in [2.45, 2.75) is 26.3 Å². The first kappa shape index (κ1) is 17.9. The van der Waals surface area contributed by atoms with E-state index >= 15 is 0 Å².